The van der Waals surface area contributed by atoms with Crippen LogP contribution in [0.4, 0.5) is 0 Å². The van der Waals surface area contributed by atoms with Crippen LogP contribution in [0.1, 0.15) is 30.1 Å². The monoisotopic (exact) mass is 279 g/mol. The Labute approximate surface area is 115 Å². The highest BCUT2D eigenvalue weighted by Crippen LogP contribution is 2.27. The van der Waals surface area contributed by atoms with Crippen LogP contribution < -0.4 is 16.6 Å². The smallest absolute Gasteiger partial charge is 0.331 e. The first-order valence-electron chi connectivity index (χ1n) is 6.48. The number of Topliss-reactive ketones (excluding diaryl/α,β-unsaturated/α-hetero) is 1. The van der Waals surface area contributed by atoms with Crippen molar-refractivity contribution in [1.82, 2.24) is 14.5 Å². The van der Waals surface area contributed by atoms with E-state index >= 15 is 0 Å². The lowest BCUT2D eigenvalue weighted by Crippen LogP contribution is -2.43. The summed E-state index contributed by atoms with van der Waals surface area (Å²) in [6.07, 6.45) is 3.40. The number of nitrogens with one attached hydrogen (secondary N) is 1. The first-order valence-corrected chi connectivity index (χ1v) is 6.48. The largest absolute Gasteiger partial charge is 0.354 e. The molecule has 108 valence electrons. The molecule has 1 aromatic heterocycles. The van der Waals surface area contributed by atoms with Crippen molar-refractivity contribution in [2.45, 2.75) is 26.3 Å². The number of aromatic nitrogens is 2. The van der Waals surface area contributed by atoms with Gasteiger partial charge in [0.2, 0.25) is 5.91 Å². The van der Waals surface area contributed by atoms with Crippen LogP contribution in [-0.4, -0.2) is 27.4 Å². The quantitative estimate of drug-likeness (QED) is 0.720. The fourth-order valence-electron chi connectivity index (χ4n) is 1.87. The molecule has 0 unspecified atom stereocenters. The Bertz CT molecular complexity index is 667. The predicted octanol–water partition coefficient (Wildman–Crippen LogP) is -0.724. The number of nitrogens with zero attached hydrogens (tertiary/aromatic N) is 2. The van der Waals surface area contributed by atoms with E-state index in [4.69, 9.17) is 0 Å². The Morgan fingerprint density at radius 2 is 2.00 bits per heavy atom. The van der Waals surface area contributed by atoms with Crippen molar-refractivity contribution in [3.8, 4) is 0 Å². The van der Waals surface area contributed by atoms with Crippen LogP contribution in [0.3, 0.4) is 0 Å². The molecule has 2 rings (SSSR count). The molecule has 1 N–H and O–H groups in total. The van der Waals surface area contributed by atoms with Gasteiger partial charge < -0.3 is 5.32 Å². The number of rotatable bonds is 5. The number of carbonyl (C=O) groups excluding carboxylic acids is 2. The minimum atomic E-state index is -0.642. The number of amides is 1. The van der Waals surface area contributed by atoms with Crippen molar-refractivity contribution >= 4 is 11.7 Å². The first-order chi connectivity index (χ1) is 9.40. The van der Waals surface area contributed by atoms with E-state index in [1.165, 1.54) is 14.0 Å². The summed E-state index contributed by atoms with van der Waals surface area (Å²) < 4.78 is 1.92. The molecule has 1 aliphatic carbocycles. The maximum absolute atomic E-state index is 11.9. The summed E-state index contributed by atoms with van der Waals surface area (Å²) in [5, 5.41) is 2.73. The molecule has 0 atom stereocenters. The van der Waals surface area contributed by atoms with Crippen LogP contribution in [0.25, 0.3) is 0 Å². The zero-order valence-electron chi connectivity index (χ0n) is 11.5. The maximum Gasteiger partial charge on any atom is 0.331 e. The molecule has 1 fully saturated rings. The molecule has 1 amide bonds. The van der Waals surface area contributed by atoms with Gasteiger partial charge >= 0.3 is 5.69 Å². The Morgan fingerprint density at radius 1 is 1.35 bits per heavy atom. The lowest BCUT2D eigenvalue weighted by molar-refractivity contribution is -0.121. The molecule has 1 aromatic rings. The van der Waals surface area contributed by atoms with Gasteiger partial charge in [-0.1, -0.05) is 0 Å². The Balaban J connectivity index is 2.22. The van der Waals surface area contributed by atoms with Crippen molar-refractivity contribution in [2.24, 2.45) is 13.0 Å². The van der Waals surface area contributed by atoms with Crippen LogP contribution in [0.5, 0.6) is 0 Å². The van der Waals surface area contributed by atoms with E-state index in [2.05, 4.69) is 5.32 Å². The van der Waals surface area contributed by atoms with Crippen molar-refractivity contribution in [2.75, 3.05) is 6.54 Å². The highest BCUT2D eigenvalue weighted by molar-refractivity contribution is 5.93. The van der Waals surface area contributed by atoms with E-state index in [9.17, 15) is 19.2 Å². The average Bonchev–Trinajstić information content (AvgIpc) is 3.20. The molecule has 7 nitrogen and oxygen atoms in total. The van der Waals surface area contributed by atoms with Gasteiger partial charge in [0.1, 0.15) is 6.54 Å². The lowest BCUT2D eigenvalue weighted by Gasteiger charge is -2.09. The molecule has 0 saturated heterocycles. The molecule has 1 heterocycles. The normalized spacial score (nSPS) is 14.1. The van der Waals surface area contributed by atoms with E-state index in [0.29, 0.717) is 12.5 Å². The van der Waals surface area contributed by atoms with Gasteiger partial charge in [0.05, 0.1) is 5.56 Å². The van der Waals surface area contributed by atoms with E-state index in [1.807, 2.05) is 0 Å². The molecular weight excluding hydrogens is 262 g/mol. The minimum Gasteiger partial charge on any atom is -0.354 e. The van der Waals surface area contributed by atoms with Gasteiger partial charge in [-0.2, -0.15) is 0 Å². The van der Waals surface area contributed by atoms with E-state index in [0.717, 1.165) is 28.2 Å². The topological polar surface area (TPSA) is 90.2 Å². The van der Waals surface area contributed by atoms with Gasteiger partial charge in [0, 0.05) is 19.8 Å². The summed E-state index contributed by atoms with van der Waals surface area (Å²) >= 11 is 0. The highest BCUT2D eigenvalue weighted by atomic mass is 16.2. The zero-order valence-corrected chi connectivity index (χ0v) is 11.5. The van der Waals surface area contributed by atoms with Crippen LogP contribution in [0, 0.1) is 5.92 Å². The van der Waals surface area contributed by atoms with Crippen LogP contribution in [-0.2, 0) is 18.4 Å². The fourth-order valence-corrected chi connectivity index (χ4v) is 1.87. The molecule has 7 heteroatoms. The minimum absolute atomic E-state index is 0.0953. The van der Waals surface area contributed by atoms with Gasteiger partial charge in [-0.15, -0.1) is 0 Å². The second-order valence-corrected chi connectivity index (χ2v) is 5.12. The Hall–Kier alpha value is -2.18. The van der Waals surface area contributed by atoms with Crippen molar-refractivity contribution in [3.05, 3.63) is 32.6 Å². The SMILES string of the molecule is CC(=O)c1cn(CC(=O)NCC2CC2)c(=O)n(C)c1=O. The number of hydrogen-bond donors (Lipinski definition) is 1. The predicted molar refractivity (Wildman–Crippen MR) is 71.7 cm³/mol. The molecule has 20 heavy (non-hydrogen) atoms. The number of hydrogen-bond acceptors (Lipinski definition) is 4. The maximum atomic E-state index is 11.9. The van der Waals surface area contributed by atoms with E-state index in [-0.39, 0.29) is 18.0 Å². The van der Waals surface area contributed by atoms with Gasteiger partial charge in [-0.3, -0.25) is 23.5 Å². The summed E-state index contributed by atoms with van der Waals surface area (Å²) in [7, 11) is 1.29. The average molecular weight is 279 g/mol. The van der Waals surface area contributed by atoms with E-state index in [1.54, 1.807) is 0 Å². The molecule has 0 radical (unpaired) electrons. The van der Waals surface area contributed by atoms with Gasteiger partial charge in [-0.25, -0.2) is 4.79 Å². The Kier molecular flexibility index (Phi) is 3.87. The third kappa shape index (κ3) is 3.04. The van der Waals surface area contributed by atoms with Gasteiger partial charge in [-0.05, 0) is 25.7 Å². The summed E-state index contributed by atoms with van der Waals surface area (Å²) in [5.74, 6) is -0.187. The molecule has 1 saturated carbocycles. The molecule has 0 bridgehead atoms. The number of carbonyl (C=O) groups is 2. The molecular formula is C13H17N3O4. The summed E-state index contributed by atoms with van der Waals surface area (Å²) in [6, 6.07) is 0. The summed E-state index contributed by atoms with van der Waals surface area (Å²) in [6.45, 7) is 1.66. The summed E-state index contributed by atoms with van der Waals surface area (Å²) in [4.78, 5) is 46.7. The first kappa shape index (κ1) is 14.2. The van der Waals surface area contributed by atoms with Gasteiger partial charge in [0.25, 0.3) is 5.56 Å². The third-order valence-electron chi connectivity index (χ3n) is 3.33. The third-order valence-corrected chi connectivity index (χ3v) is 3.33. The molecule has 0 aliphatic heterocycles. The van der Waals surface area contributed by atoms with Crippen molar-refractivity contribution in [3.63, 3.8) is 0 Å². The second-order valence-electron chi connectivity index (χ2n) is 5.12. The van der Waals surface area contributed by atoms with Crippen LogP contribution in [0.15, 0.2) is 15.8 Å². The highest BCUT2D eigenvalue weighted by Gasteiger charge is 2.22. The van der Waals surface area contributed by atoms with Crippen molar-refractivity contribution in [1.29, 1.82) is 0 Å². The lowest BCUT2D eigenvalue weighted by atomic mass is 10.2. The molecule has 1 aliphatic rings. The summed E-state index contributed by atoms with van der Waals surface area (Å²) in [5.41, 5.74) is -1.35. The van der Waals surface area contributed by atoms with E-state index < -0.39 is 17.0 Å². The number of ketones is 1. The Morgan fingerprint density at radius 3 is 2.55 bits per heavy atom. The standard InChI is InChI=1S/C13H17N3O4/c1-8(17)10-6-16(13(20)15(2)12(10)19)7-11(18)14-5-9-3-4-9/h6,9H,3-5,7H2,1-2H3,(H,14,18). The fraction of sp³-hybridized carbons (Fsp3) is 0.538. The van der Waals surface area contributed by atoms with Crippen LogP contribution >= 0.6 is 0 Å². The van der Waals surface area contributed by atoms with Crippen LogP contribution in [0.2, 0.25) is 0 Å². The second kappa shape index (κ2) is 5.44. The zero-order chi connectivity index (χ0) is 14.9. The molecule has 0 spiro atoms. The van der Waals surface area contributed by atoms with Crippen molar-refractivity contribution < 1.29 is 9.59 Å². The van der Waals surface area contributed by atoms with Gasteiger partial charge in [0.15, 0.2) is 5.78 Å². The molecule has 0 aromatic carbocycles.